The third kappa shape index (κ3) is 18.0. The third-order valence-electron chi connectivity index (χ3n) is 1.70. The van der Waals surface area contributed by atoms with E-state index >= 15 is 0 Å². The molecule has 0 aliphatic rings. The van der Waals surface area contributed by atoms with Crippen LogP contribution in [0.5, 0.6) is 0 Å². The molecule has 0 heterocycles. The minimum atomic E-state index is -5.84. The Hall–Kier alpha value is -1.19. The first-order chi connectivity index (χ1) is 11.5. The van der Waals surface area contributed by atoms with Crippen molar-refractivity contribution >= 4 is 20.2 Å². The van der Waals surface area contributed by atoms with Crippen LogP contribution in [0.4, 0.5) is 26.3 Å². The number of alkyl halides is 6. The summed E-state index contributed by atoms with van der Waals surface area (Å²) in [7, 11) is -11.7. The Balaban J connectivity index is -0.000000286. The Labute approximate surface area is 165 Å². The van der Waals surface area contributed by atoms with Gasteiger partial charge in [-0.05, 0) is 0 Å². The van der Waals surface area contributed by atoms with Crippen LogP contribution in [0.3, 0.4) is 0 Å². The number of halogens is 6. The molecule has 0 amide bonds. The van der Waals surface area contributed by atoms with Crippen molar-refractivity contribution in [3.63, 3.8) is 0 Å². The van der Waals surface area contributed by atoms with Gasteiger partial charge in [-0.1, -0.05) is 0 Å². The van der Waals surface area contributed by atoms with Crippen LogP contribution in [0.1, 0.15) is 0 Å². The molecular formula is C12H12F6O6S2Ti. The van der Waals surface area contributed by atoms with Gasteiger partial charge in [0, 0.05) is 0 Å². The second-order valence-electron chi connectivity index (χ2n) is 3.77. The van der Waals surface area contributed by atoms with Gasteiger partial charge < -0.3 is 0 Å². The smallest absolute Gasteiger partial charge is 0.279 e. The Morgan fingerprint density at radius 2 is 0.741 bits per heavy atom. The molecule has 2 aromatic carbocycles. The van der Waals surface area contributed by atoms with Gasteiger partial charge in [-0.3, -0.25) is 9.11 Å². The number of hydrogen-bond donors (Lipinski definition) is 2. The maximum Gasteiger partial charge on any atom is 2.00 e. The first kappa shape index (κ1) is 30.5. The molecule has 0 saturated heterocycles. The van der Waals surface area contributed by atoms with Gasteiger partial charge in [-0.25, -0.2) is 24.3 Å². The zero-order valence-corrected chi connectivity index (χ0v) is 16.1. The number of hydrogen-bond acceptors (Lipinski definition) is 4. The minimum Gasteiger partial charge on any atom is -0.279 e. The molecule has 0 saturated carbocycles. The van der Waals surface area contributed by atoms with Crippen LogP contribution in [0.2, 0.25) is 0 Å². The van der Waals surface area contributed by atoms with E-state index in [1.807, 2.05) is 60.7 Å². The fourth-order valence-electron chi connectivity index (χ4n) is 0.642. The molecule has 0 aromatic heterocycles. The van der Waals surface area contributed by atoms with Crippen LogP contribution in [-0.2, 0) is 42.0 Å². The summed E-state index contributed by atoms with van der Waals surface area (Å²) in [5, 5.41) is 0. The van der Waals surface area contributed by atoms with E-state index in [9.17, 15) is 26.3 Å². The van der Waals surface area contributed by atoms with Gasteiger partial charge in [0.2, 0.25) is 0 Å². The Morgan fingerprint density at radius 1 is 0.593 bits per heavy atom. The average Bonchev–Trinajstić information content (AvgIpc) is 3.15. The van der Waals surface area contributed by atoms with E-state index in [1.54, 1.807) is 0 Å². The Morgan fingerprint density at radius 3 is 0.778 bits per heavy atom. The number of rotatable bonds is 0. The first-order valence-electron chi connectivity index (χ1n) is 5.91. The maximum absolute atomic E-state index is 10.7. The van der Waals surface area contributed by atoms with Crippen LogP contribution in [0.15, 0.2) is 60.7 Å². The predicted octanol–water partition coefficient (Wildman–Crippen LogP) is 3.60. The van der Waals surface area contributed by atoms with Crippen LogP contribution in [-0.4, -0.2) is 37.0 Å². The molecule has 27 heavy (non-hydrogen) atoms. The normalized spacial score (nSPS) is 11.3. The zero-order chi connectivity index (χ0) is 21.1. The van der Waals surface area contributed by atoms with Gasteiger partial charge in [-0.15, -0.1) is 0 Å². The minimum absolute atomic E-state index is 0. The van der Waals surface area contributed by atoms with Gasteiger partial charge in [0.05, 0.1) is 0 Å². The third-order valence-corrected chi connectivity index (χ3v) is 2.87. The van der Waals surface area contributed by atoms with Crippen molar-refractivity contribution in [2.45, 2.75) is 11.0 Å². The first-order valence-corrected chi connectivity index (χ1v) is 8.79. The predicted molar refractivity (Wildman–Crippen MR) is 79.3 cm³/mol. The van der Waals surface area contributed by atoms with Gasteiger partial charge in [0.25, 0.3) is 0 Å². The van der Waals surface area contributed by atoms with E-state index in [1.165, 1.54) is 0 Å². The van der Waals surface area contributed by atoms with E-state index in [2.05, 4.69) is 0 Å². The summed E-state index contributed by atoms with van der Waals surface area (Å²) in [6.07, 6.45) is 0. The topological polar surface area (TPSA) is 109 Å². The Kier molecular flexibility index (Phi) is 14.8. The van der Waals surface area contributed by atoms with Gasteiger partial charge in [0.15, 0.2) is 0 Å². The van der Waals surface area contributed by atoms with Crippen LogP contribution in [0.25, 0.3) is 0 Å². The largest absolute Gasteiger partial charge is 2.00 e. The van der Waals surface area contributed by atoms with Crippen molar-refractivity contribution in [2.24, 2.45) is 0 Å². The molecule has 2 aromatic rings. The quantitative estimate of drug-likeness (QED) is 0.197. The molecule has 0 aliphatic carbocycles. The SMILES string of the molecule is O=S(=O)(O)C(F)(F)F.O=S(=O)(O)C(F)(F)F.[Ti+2].c1cc[cH-]c1.c1cc[cH-]c1. The molecule has 0 spiro atoms. The molecule has 6 nitrogen and oxygen atoms in total. The average molecular weight is 478 g/mol. The summed E-state index contributed by atoms with van der Waals surface area (Å²) < 4.78 is 115. The molecule has 2 rings (SSSR count). The fourth-order valence-corrected chi connectivity index (χ4v) is 0.642. The van der Waals surface area contributed by atoms with Crippen LogP contribution >= 0.6 is 0 Å². The molecule has 0 atom stereocenters. The molecule has 15 heteroatoms. The summed E-state index contributed by atoms with van der Waals surface area (Å²) >= 11 is 0. The van der Waals surface area contributed by atoms with E-state index < -0.39 is 31.3 Å². The molecule has 0 aliphatic heterocycles. The molecule has 154 valence electrons. The second-order valence-corrected chi connectivity index (χ2v) is 6.59. The second kappa shape index (κ2) is 13.1. The zero-order valence-electron chi connectivity index (χ0n) is 12.9. The van der Waals surface area contributed by atoms with E-state index in [4.69, 9.17) is 25.9 Å². The molecule has 2 N–H and O–H groups in total. The van der Waals surface area contributed by atoms with Crippen molar-refractivity contribution in [1.82, 2.24) is 0 Å². The van der Waals surface area contributed by atoms with Crippen molar-refractivity contribution < 1.29 is 74.0 Å². The van der Waals surface area contributed by atoms with Gasteiger partial charge in [-0.2, -0.15) is 79.6 Å². The summed E-state index contributed by atoms with van der Waals surface area (Å²) in [4.78, 5) is 0. The van der Waals surface area contributed by atoms with Crippen molar-refractivity contribution in [3.05, 3.63) is 60.7 Å². The van der Waals surface area contributed by atoms with Crippen molar-refractivity contribution in [1.29, 1.82) is 0 Å². The van der Waals surface area contributed by atoms with Gasteiger partial charge in [0.1, 0.15) is 0 Å². The fraction of sp³-hybridized carbons (Fsp3) is 0.167. The van der Waals surface area contributed by atoms with Crippen LogP contribution < -0.4 is 0 Å². The van der Waals surface area contributed by atoms with E-state index in [0.29, 0.717) is 0 Å². The van der Waals surface area contributed by atoms with Crippen molar-refractivity contribution in [2.75, 3.05) is 0 Å². The molecular weight excluding hydrogens is 466 g/mol. The summed E-state index contributed by atoms with van der Waals surface area (Å²) in [5.41, 5.74) is -11.1. The summed E-state index contributed by atoms with van der Waals surface area (Å²) in [5.74, 6) is 0. The van der Waals surface area contributed by atoms with E-state index in [-0.39, 0.29) is 21.7 Å². The molecule has 0 unspecified atom stereocenters. The Bertz CT molecular complexity index is 663. The molecule has 0 fully saturated rings. The standard InChI is InChI=1S/2C5H5.2CHF3O3S.Ti/c2*1-2-4-5-3-1;2*2-1(3,4)8(5,6)7;/h2*1-5H;2*(H,5,6,7);/q2*-1;;;+2. The summed E-state index contributed by atoms with van der Waals surface area (Å²) in [6, 6.07) is 20.0. The monoisotopic (exact) mass is 478 g/mol. The maximum atomic E-state index is 10.7. The van der Waals surface area contributed by atoms with Crippen LogP contribution in [0, 0.1) is 0 Å². The van der Waals surface area contributed by atoms with Crippen molar-refractivity contribution in [3.8, 4) is 0 Å². The van der Waals surface area contributed by atoms with Gasteiger partial charge >= 0.3 is 53.0 Å². The van der Waals surface area contributed by atoms with E-state index in [0.717, 1.165) is 0 Å². The summed E-state index contributed by atoms with van der Waals surface area (Å²) in [6.45, 7) is 0. The molecule has 0 radical (unpaired) electrons. The molecule has 0 bridgehead atoms.